The maximum Gasteiger partial charge on any atom is 0.271 e. The highest BCUT2D eigenvalue weighted by Crippen LogP contribution is 2.21. The predicted molar refractivity (Wildman–Crippen MR) is 109 cm³/mol. The van der Waals surface area contributed by atoms with Crippen molar-refractivity contribution in [1.29, 1.82) is 0 Å². The van der Waals surface area contributed by atoms with Crippen LogP contribution in [0.2, 0.25) is 0 Å². The van der Waals surface area contributed by atoms with Gasteiger partial charge in [-0.2, -0.15) is 10.2 Å². The molecular weight excluding hydrogens is 424 g/mol. The van der Waals surface area contributed by atoms with Crippen LogP contribution in [0.15, 0.2) is 34.9 Å². The molecule has 2 heterocycles. The molecule has 0 unspecified atom stereocenters. The number of nitrogens with zero attached hydrogens (tertiary/aromatic N) is 4. The Labute approximate surface area is 170 Å². The minimum absolute atomic E-state index is 0.0434. The zero-order valence-electron chi connectivity index (χ0n) is 15.9. The van der Waals surface area contributed by atoms with Gasteiger partial charge >= 0.3 is 0 Å². The molecule has 0 atom stereocenters. The first-order chi connectivity index (χ1) is 13.3. The zero-order chi connectivity index (χ0) is 20.4. The second kappa shape index (κ2) is 7.97. The van der Waals surface area contributed by atoms with Gasteiger partial charge in [0.2, 0.25) is 0 Å². The number of hydrogen-bond acceptors (Lipinski definition) is 4. The highest BCUT2D eigenvalue weighted by molar-refractivity contribution is 9.10. The standard InChI is InChI=1S/C19H21BrN6O2/c1-4-25-10-15(17(24-25)18(21)27)22-19(28)14-7-5-13(6-8-14)9-26-12(3)16(20)11(2)23-26/h5-8,10H,4,9H2,1-3H3,(H2,21,27)(H,22,28). The van der Waals surface area contributed by atoms with Crippen molar-refractivity contribution in [1.82, 2.24) is 19.6 Å². The fourth-order valence-corrected chi connectivity index (χ4v) is 3.10. The van der Waals surface area contributed by atoms with E-state index in [2.05, 4.69) is 31.4 Å². The van der Waals surface area contributed by atoms with Crippen LogP contribution in [0.4, 0.5) is 5.69 Å². The molecule has 3 N–H and O–H groups in total. The Morgan fingerprint density at radius 3 is 2.39 bits per heavy atom. The number of anilines is 1. The van der Waals surface area contributed by atoms with Gasteiger partial charge in [-0.25, -0.2) is 0 Å². The zero-order valence-corrected chi connectivity index (χ0v) is 17.4. The average Bonchev–Trinajstić information content (AvgIpc) is 3.19. The quantitative estimate of drug-likeness (QED) is 0.608. The lowest BCUT2D eigenvalue weighted by Gasteiger charge is -2.07. The van der Waals surface area contributed by atoms with E-state index in [1.54, 1.807) is 23.0 Å². The molecule has 0 saturated carbocycles. The van der Waals surface area contributed by atoms with Crippen molar-refractivity contribution < 1.29 is 9.59 Å². The molecule has 9 heteroatoms. The lowest BCUT2D eigenvalue weighted by Crippen LogP contribution is -2.18. The van der Waals surface area contributed by atoms with Crippen molar-refractivity contribution in [3.05, 3.63) is 63.1 Å². The highest BCUT2D eigenvalue weighted by Gasteiger charge is 2.17. The van der Waals surface area contributed by atoms with Gasteiger partial charge < -0.3 is 11.1 Å². The Hall–Kier alpha value is -2.94. The third kappa shape index (κ3) is 3.99. The minimum Gasteiger partial charge on any atom is -0.364 e. The Kier molecular flexibility index (Phi) is 5.64. The largest absolute Gasteiger partial charge is 0.364 e. The maximum absolute atomic E-state index is 12.5. The number of carbonyl (C=O) groups excluding carboxylic acids is 2. The molecule has 8 nitrogen and oxygen atoms in total. The summed E-state index contributed by atoms with van der Waals surface area (Å²) < 4.78 is 4.46. The summed E-state index contributed by atoms with van der Waals surface area (Å²) in [5.74, 6) is -1.02. The molecule has 0 fully saturated rings. The first-order valence-corrected chi connectivity index (χ1v) is 9.56. The Bertz CT molecular complexity index is 1040. The predicted octanol–water partition coefficient (Wildman–Crippen LogP) is 2.88. The summed E-state index contributed by atoms with van der Waals surface area (Å²) in [7, 11) is 0. The molecule has 3 aromatic rings. The Morgan fingerprint density at radius 2 is 1.86 bits per heavy atom. The number of aromatic nitrogens is 4. The van der Waals surface area contributed by atoms with E-state index in [0.717, 1.165) is 21.4 Å². The van der Waals surface area contributed by atoms with Gasteiger partial charge in [-0.05, 0) is 54.4 Å². The number of aryl methyl sites for hydroxylation is 2. The molecule has 0 aliphatic heterocycles. The van der Waals surface area contributed by atoms with Gasteiger partial charge in [-0.1, -0.05) is 12.1 Å². The van der Waals surface area contributed by atoms with E-state index >= 15 is 0 Å². The number of carbonyl (C=O) groups is 2. The topological polar surface area (TPSA) is 108 Å². The molecule has 3 rings (SSSR count). The van der Waals surface area contributed by atoms with Gasteiger partial charge in [-0.15, -0.1) is 0 Å². The smallest absolute Gasteiger partial charge is 0.271 e. The summed E-state index contributed by atoms with van der Waals surface area (Å²) in [4.78, 5) is 24.1. The molecule has 0 radical (unpaired) electrons. The lowest BCUT2D eigenvalue weighted by atomic mass is 10.1. The summed E-state index contributed by atoms with van der Waals surface area (Å²) in [5.41, 5.74) is 9.16. The van der Waals surface area contributed by atoms with E-state index < -0.39 is 5.91 Å². The van der Waals surface area contributed by atoms with Gasteiger partial charge in [0.15, 0.2) is 5.69 Å². The molecule has 0 aliphatic carbocycles. The van der Waals surface area contributed by atoms with E-state index in [9.17, 15) is 9.59 Å². The van der Waals surface area contributed by atoms with Crippen LogP contribution in [0.1, 0.15) is 44.7 Å². The molecule has 2 aromatic heterocycles. The fraction of sp³-hybridized carbons (Fsp3) is 0.263. The van der Waals surface area contributed by atoms with Crippen molar-refractivity contribution >= 4 is 33.4 Å². The summed E-state index contributed by atoms with van der Waals surface area (Å²) in [5, 5.41) is 11.3. The highest BCUT2D eigenvalue weighted by atomic mass is 79.9. The SMILES string of the molecule is CCn1cc(NC(=O)c2ccc(Cn3nc(C)c(Br)c3C)cc2)c(C(N)=O)n1. The third-order valence-corrected chi connectivity index (χ3v) is 5.56. The van der Waals surface area contributed by atoms with Crippen LogP contribution in [0, 0.1) is 13.8 Å². The van der Waals surface area contributed by atoms with Gasteiger partial charge in [0.05, 0.1) is 28.1 Å². The number of rotatable bonds is 6. The maximum atomic E-state index is 12.5. The molecule has 1 aromatic carbocycles. The summed E-state index contributed by atoms with van der Waals surface area (Å²) in [6.07, 6.45) is 1.59. The molecule has 0 aliphatic rings. The van der Waals surface area contributed by atoms with Crippen molar-refractivity contribution in [2.45, 2.75) is 33.9 Å². The van der Waals surface area contributed by atoms with E-state index in [1.165, 1.54) is 0 Å². The fourth-order valence-electron chi connectivity index (χ4n) is 2.81. The number of primary amides is 1. The third-order valence-electron chi connectivity index (χ3n) is 4.41. The number of amides is 2. The van der Waals surface area contributed by atoms with Crippen LogP contribution >= 0.6 is 15.9 Å². The van der Waals surface area contributed by atoms with Gasteiger partial charge in [0.25, 0.3) is 11.8 Å². The molecular formula is C19H21BrN6O2. The molecule has 146 valence electrons. The van der Waals surface area contributed by atoms with Crippen molar-refractivity contribution in [3.63, 3.8) is 0 Å². The van der Waals surface area contributed by atoms with Crippen LogP contribution in [0.25, 0.3) is 0 Å². The molecule has 0 bridgehead atoms. The second-order valence-corrected chi connectivity index (χ2v) is 7.20. The number of benzene rings is 1. The Balaban J connectivity index is 1.74. The second-order valence-electron chi connectivity index (χ2n) is 6.40. The first kappa shape index (κ1) is 19.8. The van der Waals surface area contributed by atoms with Crippen LogP contribution in [0.3, 0.4) is 0 Å². The van der Waals surface area contributed by atoms with E-state index in [-0.39, 0.29) is 11.6 Å². The van der Waals surface area contributed by atoms with E-state index in [1.807, 2.05) is 37.6 Å². The molecule has 2 amide bonds. The number of nitrogens with one attached hydrogen (secondary N) is 1. The average molecular weight is 445 g/mol. The normalized spacial score (nSPS) is 10.9. The number of nitrogens with two attached hydrogens (primary N) is 1. The van der Waals surface area contributed by atoms with Gasteiger partial charge in [0, 0.05) is 18.3 Å². The minimum atomic E-state index is -0.686. The Morgan fingerprint density at radius 1 is 1.18 bits per heavy atom. The van der Waals surface area contributed by atoms with Crippen LogP contribution in [-0.2, 0) is 13.1 Å². The number of halogens is 1. The van der Waals surface area contributed by atoms with E-state index in [0.29, 0.717) is 24.3 Å². The summed E-state index contributed by atoms with van der Waals surface area (Å²) >= 11 is 3.52. The first-order valence-electron chi connectivity index (χ1n) is 8.77. The van der Waals surface area contributed by atoms with Crippen LogP contribution in [0.5, 0.6) is 0 Å². The van der Waals surface area contributed by atoms with Gasteiger partial charge in [-0.3, -0.25) is 19.0 Å². The van der Waals surface area contributed by atoms with Crippen LogP contribution < -0.4 is 11.1 Å². The summed E-state index contributed by atoms with van der Waals surface area (Å²) in [6.45, 7) is 6.99. The molecule has 0 saturated heterocycles. The van der Waals surface area contributed by atoms with Crippen molar-refractivity contribution in [2.75, 3.05) is 5.32 Å². The monoisotopic (exact) mass is 444 g/mol. The van der Waals surface area contributed by atoms with E-state index in [4.69, 9.17) is 5.73 Å². The lowest BCUT2D eigenvalue weighted by molar-refractivity contribution is 0.0995. The number of hydrogen-bond donors (Lipinski definition) is 2. The molecule has 0 spiro atoms. The van der Waals surface area contributed by atoms with Gasteiger partial charge in [0.1, 0.15) is 0 Å². The summed E-state index contributed by atoms with van der Waals surface area (Å²) in [6, 6.07) is 7.23. The van der Waals surface area contributed by atoms with Crippen molar-refractivity contribution in [3.8, 4) is 0 Å². The molecule has 28 heavy (non-hydrogen) atoms. The van der Waals surface area contributed by atoms with Crippen LogP contribution in [-0.4, -0.2) is 31.4 Å². The van der Waals surface area contributed by atoms with Crippen molar-refractivity contribution in [2.24, 2.45) is 5.73 Å².